The van der Waals surface area contributed by atoms with Crippen LogP contribution in [0.25, 0.3) is 0 Å². The first-order valence-corrected chi connectivity index (χ1v) is 9.94. The van der Waals surface area contributed by atoms with Crippen LogP contribution in [-0.4, -0.2) is 38.3 Å². The van der Waals surface area contributed by atoms with Crippen molar-refractivity contribution in [2.24, 2.45) is 11.8 Å². The zero-order valence-electron chi connectivity index (χ0n) is 13.3. The lowest BCUT2D eigenvalue weighted by atomic mass is 10.1. The molecule has 3 aliphatic rings. The summed E-state index contributed by atoms with van der Waals surface area (Å²) in [5.74, 6) is 0.975. The Bertz CT molecular complexity index is 791. The first-order valence-electron chi connectivity index (χ1n) is 8.12. The predicted molar refractivity (Wildman–Crippen MR) is 89.8 cm³/mol. The maximum Gasteiger partial charge on any atom is 0.262 e. The van der Waals surface area contributed by atoms with Crippen molar-refractivity contribution in [3.8, 4) is 5.75 Å². The van der Waals surface area contributed by atoms with Gasteiger partial charge in [0.2, 0.25) is 10.0 Å². The van der Waals surface area contributed by atoms with Gasteiger partial charge in [0.05, 0.1) is 10.7 Å². The number of anilines is 1. The van der Waals surface area contributed by atoms with Crippen molar-refractivity contribution in [3.63, 3.8) is 0 Å². The first-order chi connectivity index (χ1) is 11.4. The van der Waals surface area contributed by atoms with Gasteiger partial charge in [-0.1, -0.05) is 11.6 Å². The second-order valence-electron chi connectivity index (χ2n) is 6.80. The molecule has 1 aromatic rings. The number of amides is 1. The zero-order valence-corrected chi connectivity index (χ0v) is 14.9. The normalized spacial score (nSPS) is 20.8. The van der Waals surface area contributed by atoms with E-state index in [9.17, 15) is 13.2 Å². The van der Waals surface area contributed by atoms with Crippen molar-refractivity contribution in [2.45, 2.75) is 36.6 Å². The number of sulfonamides is 1. The third kappa shape index (κ3) is 2.78. The molecule has 2 saturated carbocycles. The Hall–Kier alpha value is -1.31. The van der Waals surface area contributed by atoms with Crippen LogP contribution in [0.3, 0.4) is 0 Å². The molecule has 1 aliphatic heterocycles. The maximum absolute atomic E-state index is 13.1. The Balaban J connectivity index is 1.70. The van der Waals surface area contributed by atoms with Gasteiger partial charge in [-0.2, -0.15) is 4.31 Å². The van der Waals surface area contributed by atoms with Crippen molar-refractivity contribution in [2.75, 3.05) is 19.0 Å². The summed E-state index contributed by atoms with van der Waals surface area (Å²) in [5, 5.41) is 2.73. The molecule has 0 unspecified atom stereocenters. The van der Waals surface area contributed by atoms with Crippen LogP contribution in [0.2, 0.25) is 5.02 Å². The van der Waals surface area contributed by atoms with E-state index in [1.54, 1.807) is 7.05 Å². The maximum atomic E-state index is 13.1. The molecule has 1 aromatic carbocycles. The second-order valence-corrected chi connectivity index (χ2v) is 9.18. The Labute approximate surface area is 146 Å². The Morgan fingerprint density at radius 2 is 1.88 bits per heavy atom. The molecule has 130 valence electrons. The van der Waals surface area contributed by atoms with Gasteiger partial charge in [0.25, 0.3) is 5.91 Å². The molecule has 8 heteroatoms. The summed E-state index contributed by atoms with van der Waals surface area (Å²) < 4.78 is 33.0. The smallest absolute Gasteiger partial charge is 0.262 e. The average Bonchev–Trinajstić information content (AvgIpc) is 3.41. The highest BCUT2D eigenvalue weighted by Gasteiger charge is 2.47. The molecular formula is C16H19ClN2O4S. The van der Waals surface area contributed by atoms with E-state index in [0.29, 0.717) is 23.3 Å². The Morgan fingerprint density at radius 1 is 1.25 bits per heavy atom. The van der Waals surface area contributed by atoms with Crippen molar-refractivity contribution in [1.29, 1.82) is 0 Å². The third-order valence-electron chi connectivity index (χ3n) is 4.95. The van der Waals surface area contributed by atoms with Gasteiger partial charge in [-0.3, -0.25) is 4.79 Å². The van der Waals surface area contributed by atoms with Gasteiger partial charge in [-0.05, 0) is 43.6 Å². The predicted octanol–water partition coefficient (Wildman–Crippen LogP) is 2.48. The summed E-state index contributed by atoms with van der Waals surface area (Å²) in [6.45, 7) is -0.128. The molecule has 0 radical (unpaired) electrons. The van der Waals surface area contributed by atoms with E-state index in [1.807, 2.05) is 0 Å². The van der Waals surface area contributed by atoms with E-state index in [-0.39, 0.29) is 28.5 Å². The second kappa shape index (κ2) is 5.61. The fourth-order valence-electron chi connectivity index (χ4n) is 3.45. The molecule has 0 aromatic heterocycles. The quantitative estimate of drug-likeness (QED) is 0.863. The van der Waals surface area contributed by atoms with Crippen molar-refractivity contribution >= 4 is 33.2 Å². The fourth-order valence-corrected chi connectivity index (χ4v) is 5.44. The minimum Gasteiger partial charge on any atom is -0.482 e. The van der Waals surface area contributed by atoms with Gasteiger partial charge in [0, 0.05) is 19.2 Å². The fraction of sp³-hybridized carbons (Fsp3) is 0.562. The minimum atomic E-state index is -3.72. The average molecular weight is 371 g/mol. The molecule has 1 amide bonds. The van der Waals surface area contributed by atoms with Crippen LogP contribution in [-0.2, 0) is 14.8 Å². The summed E-state index contributed by atoms with van der Waals surface area (Å²) in [7, 11) is -2.07. The topological polar surface area (TPSA) is 75.7 Å². The van der Waals surface area contributed by atoms with Crippen molar-refractivity contribution in [1.82, 2.24) is 4.31 Å². The van der Waals surface area contributed by atoms with Crippen molar-refractivity contribution in [3.05, 3.63) is 17.2 Å². The largest absolute Gasteiger partial charge is 0.482 e. The SMILES string of the molecule is CN(C(C1CC1)C1CC1)S(=O)(=O)c1cc2c(cc1Cl)NC(=O)CO2. The molecule has 1 N–H and O–H groups in total. The molecule has 6 nitrogen and oxygen atoms in total. The van der Waals surface area contributed by atoms with Crippen LogP contribution in [0.1, 0.15) is 25.7 Å². The Kier molecular flexibility index (Phi) is 3.78. The number of halogens is 1. The number of nitrogens with zero attached hydrogens (tertiary/aromatic N) is 1. The highest BCUT2D eigenvalue weighted by molar-refractivity contribution is 7.89. The van der Waals surface area contributed by atoms with Gasteiger partial charge in [0.1, 0.15) is 10.6 Å². The first kappa shape index (κ1) is 16.2. The van der Waals surface area contributed by atoms with E-state index >= 15 is 0 Å². The third-order valence-corrected chi connectivity index (χ3v) is 7.27. The van der Waals surface area contributed by atoms with Gasteiger partial charge in [-0.15, -0.1) is 0 Å². The molecule has 2 fully saturated rings. The molecule has 1 heterocycles. The zero-order chi connectivity index (χ0) is 17.1. The molecule has 24 heavy (non-hydrogen) atoms. The monoisotopic (exact) mass is 370 g/mol. The molecule has 0 spiro atoms. The lowest BCUT2D eigenvalue weighted by Crippen LogP contribution is -2.40. The number of ether oxygens (including phenoxy) is 1. The summed E-state index contributed by atoms with van der Waals surface area (Å²) in [6, 6.07) is 2.92. The number of hydrogen-bond acceptors (Lipinski definition) is 4. The van der Waals surface area contributed by atoms with Gasteiger partial charge < -0.3 is 10.1 Å². The minimum absolute atomic E-state index is 0.0351. The number of carbonyl (C=O) groups excluding carboxylic acids is 1. The summed E-state index contributed by atoms with van der Waals surface area (Å²) in [6.07, 6.45) is 4.37. The highest BCUT2D eigenvalue weighted by atomic mass is 35.5. The molecule has 4 rings (SSSR count). The van der Waals surface area contributed by atoms with Gasteiger partial charge >= 0.3 is 0 Å². The molecular weight excluding hydrogens is 352 g/mol. The van der Waals surface area contributed by atoms with E-state index < -0.39 is 10.0 Å². The van der Waals surface area contributed by atoms with Gasteiger partial charge in [0.15, 0.2) is 6.61 Å². The van der Waals surface area contributed by atoms with Crippen molar-refractivity contribution < 1.29 is 17.9 Å². The van der Waals surface area contributed by atoms with Gasteiger partial charge in [-0.25, -0.2) is 8.42 Å². The number of carbonyl (C=O) groups is 1. The lowest BCUT2D eigenvalue weighted by Gasteiger charge is -2.28. The summed E-state index contributed by atoms with van der Waals surface area (Å²) >= 11 is 6.22. The van der Waals surface area contributed by atoms with E-state index in [4.69, 9.17) is 16.3 Å². The van der Waals surface area contributed by atoms with Crippen LogP contribution < -0.4 is 10.1 Å². The number of nitrogens with one attached hydrogen (secondary N) is 1. The Morgan fingerprint density at radius 3 is 2.46 bits per heavy atom. The molecule has 0 atom stereocenters. The molecule has 0 bridgehead atoms. The number of hydrogen-bond donors (Lipinski definition) is 1. The number of benzene rings is 1. The number of rotatable bonds is 5. The van der Waals surface area contributed by atoms with Crippen LogP contribution in [0.5, 0.6) is 5.75 Å². The van der Waals surface area contributed by atoms with E-state index in [0.717, 1.165) is 25.7 Å². The standard InChI is InChI=1S/C16H19ClN2O4S/c1-19(16(9-2-3-9)10-4-5-10)24(21,22)14-7-13-12(6-11(14)17)18-15(20)8-23-13/h6-7,9-10,16H,2-5,8H2,1H3,(H,18,20). The highest BCUT2D eigenvalue weighted by Crippen LogP contribution is 2.48. The molecule has 0 saturated heterocycles. The van der Waals surface area contributed by atoms with E-state index in [2.05, 4.69) is 5.32 Å². The van der Waals surface area contributed by atoms with E-state index in [1.165, 1.54) is 16.4 Å². The summed E-state index contributed by atoms with van der Waals surface area (Å²) in [5.41, 5.74) is 0.402. The van der Waals surface area contributed by atoms with Crippen LogP contribution in [0.4, 0.5) is 5.69 Å². The van der Waals surface area contributed by atoms with Crippen LogP contribution in [0, 0.1) is 11.8 Å². The number of fused-ring (bicyclic) bond motifs is 1. The van der Waals surface area contributed by atoms with Crippen LogP contribution >= 0.6 is 11.6 Å². The van der Waals surface area contributed by atoms with Crippen LogP contribution in [0.15, 0.2) is 17.0 Å². The summed E-state index contributed by atoms with van der Waals surface area (Å²) in [4.78, 5) is 11.4. The molecule has 2 aliphatic carbocycles. The lowest BCUT2D eigenvalue weighted by molar-refractivity contribution is -0.118.